The van der Waals surface area contributed by atoms with E-state index < -0.39 is 10.0 Å². The summed E-state index contributed by atoms with van der Waals surface area (Å²) in [6.45, 7) is 7.70. The number of carbonyl (C=O) groups is 1. The van der Waals surface area contributed by atoms with Crippen molar-refractivity contribution in [3.63, 3.8) is 0 Å². The number of aryl methyl sites for hydroxylation is 1. The first-order chi connectivity index (χ1) is 16.0. The molecule has 0 unspecified atom stereocenters. The molecule has 4 rings (SSSR count). The van der Waals surface area contributed by atoms with Crippen LogP contribution in [0.4, 0.5) is 5.69 Å². The molecule has 0 fully saturated rings. The van der Waals surface area contributed by atoms with E-state index in [1.54, 1.807) is 34.3 Å². The lowest BCUT2D eigenvalue weighted by Crippen LogP contribution is -2.23. The highest BCUT2D eigenvalue weighted by Gasteiger charge is 2.22. The van der Waals surface area contributed by atoms with E-state index in [4.69, 9.17) is 4.98 Å². The molecule has 1 aromatic carbocycles. The number of fused-ring (bicyclic) bond motifs is 1. The molecule has 178 valence electrons. The third-order valence-electron chi connectivity index (χ3n) is 5.74. The van der Waals surface area contributed by atoms with Gasteiger partial charge in [-0.2, -0.15) is 5.10 Å². The highest BCUT2D eigenvalue weighted by molar-refractivity contribution is 7.89. The van der Waals surface area contributed by atoms with Crippen LogP contribution in [0.3, 0.4) is 0 Å². The van der Waals surface area contributed by atoms with Crippen molar-refractivity contribution in [1.82, 2.24) is 19.1 Å². The van der Waals surface area contributed by atoms with Crippen LogP contribution >= 0.6 is 11.3 Å². The second-order valence-electron chi connectivity index (χ2n) is 8.61. The minimum absolute atomic E-state index is 0.0670. The van der Waals surface area contributed by atoms with Crippen LogP contribution in [-0.4, -0.2) is 47.5 Å². The number of carbonyl (C=O) groups excluding carboxylic acids is 1. The zero-order valence-electron chi connectivity index (χ0n) is 19.9. The highest BCUT2D eigenvalue weighted by Crippen LogP contribution is 2.31. The van der Waals surface area contributed by atoms with Gasteiger partial charge in [0.25, 0.3) is 5.91 Å². The molecule has 0 radical (unpaired) electrons. The van der Waals surface area contributed by atoms with Gasteiger partial charge in [0.2, 0.25) is 10.0 Å². The molecule has 1 amide bonds. The second-order valence-corrected chi connectivity index (χ2v) is 11.7. The number of nitrogens with zero attached hydrogens (tertiary/aromatic N) is 4. The van der Waals surface area contributed by atoms with Gasteiger partial charge in [0.05, 0.1) is 32.6 Å². The van der Waals surface area contributed by atoms with Gasteiger partial charge in [-0.15, -0.1) is 11.3 Å². The number of amides is 1. The van der Waals surface area contributed by atoms with E-state index in [1.807, 2.05) is 45.2 Å². The number of thiophene rings is 1. The molecule has 0 aliphatic rings. The highest BCUT2D eigenvalue weighted by atomic mass is 32.2. The van der Waals surface area contributed by atoms with Gasteiger partial charge in [-0.3, -0.25) is 4.79 Å². The second kappa shape index (κ2) is 8.94. The third-order valence-corrected chi connectivity index (χ3v) is 8.43. The van der Waals surface area contributed by atoms with Gasteiger partial charge in [-0.25, -0.2) is 22.4 Å². The van der Waals surface area contributed by atoms with Crippen molar-refractivity contribution in [2.24, 2.45) is 0 Å². The zero-order valence-corrected chi connectivity index (χ0v) is 21.6. The number of nitrogens with one attached hydrogen (secondary N) is 1. The van der Waals surface area contributed by atoms with E-state index in [0.29, 0.717) is 28.0 Å². The first kappa shape index (κ1) is 24.1. The summed E-state index contributed by atoms with van der Waals surface area (Å²) in [5, 5.41) is 9.99. The molecule has 1 N–H and O–H groups in total. The number of pyridine rings is 1. The molecule has 0 saturated carbocycles. The van der Waals surface area contributed by atoms with Crippen LogP contribution < -0.4 is 5.32 Å². The lowest BCUT2D eigenvalue weighted by molar-refractivity contribution is 0.102. The van der Waals surface area contributed by atoms with Gasteiger partial charge in [-0.1, -0.05) is 6.07 Å². The Hall–Kier alpha value is -3.08. The minimum atomic E-state index is -3.66. The number of aromatic nitrogens is 3. The number of hydrogen-bond acceptors (Lipinski definition) is 6. The summed E-state index contributed by atoms with van der Waals surface area (Å²) < 4.78 is 28.4. The van der Waals surface area contributed by atoms with Gasteiger partial charge in [0.1, 0.15) is 0 Å². The fourth-order valence-electron chi connectivity index (χ4n) is 3.64. The molecule has 8 nitrogen and oxygen atoms in total. The predicted molar refractivity (Wildman–Crippen MR) is 136 cm³/mol. The van der Waals surface area contributed by atoms with E-state index >= 15 is 0 Å². The molecule has 10 heteroatoms. The molecule has 4 aromatic rings. The van der Waals surface area contributed by atoms with E-state index in [-0.39, 0.29) is 16.8 Å². The summed E-state index contributed by atoms with van der Waals surface area (Å²) in [4.78, 5) is 19.4. The summed E-state index contributed by atoms with van der Waals surface area (Å²) in [6, 6.07) is 8.85. The minimum Gasteiger partial charge on any atom is -0.322 e. The van der Waals surface area contributed by atoms with Crippen LogP contribution in [0.25, 0.3) is 21.6 Å². The number of sulfonamides is 1. The lowest BCUT2D eigenvalue weighted by atomic mass is 10.1. The summed E-state index contributed by atoms with van der Waals surface area (Å²) >= 11 is 1.54. The molecule has 0 atom stereocenters. The van der Waals surface area contributed by atoms with Gasteiger partial charge in [-0.05, 0) is 68.5 Å². The normalized spacial score (nSPS) is 12.1. The van der Waals surface area contributed by atoms with E-state index in [0.717, 1.165) is 20.3 Å². The number of hydrogen-bond donors (Lipinski definition) is 1. The molecular weight excluding hydrogens is 470 g/mol. The van der Waals surface area contributed by atoms with Crippen LogP contribution in [0.15, 0.2) is 46.8 Å². The van der Waals surface area contributed by atoms with Crippen LogP contribution in [0.2, 0.25) is 0 Å². The summed E-state index contributed by atoms with van der Waals surface area (Å²) in [6.07, 6.45) is 1.65. The van der Waals surface area contributed by atoms with Crippen LogP contribution in [0.1, 0.15) is 41.4 Å². The molecule has 3 aromatic heterocycles. The SMILES string of the molecule is Cc1cc(S(=O)(=O)N(C)C)cc(NC(=O)c2cc(-c3cccs3)nc3c2cnn3C(C)C)c1C. The number of benzene rings is 1. The van der Waals surface area contributed by atoms with E-state index in [9.17, 15) is 13.2 Å². The van der Waals surface area contributed by atoms with Crippen molar-refractivity contribution in [2.75, 3.05) is 19.4 Å². The fourth-order valence-corrected chi connectivity index (χ4v) is 5.34. The maximum Gasteiger partial charge on any atom is 0.256 e. The largest absolute Gasteiger partial charge is 0.322 e. The summed E-state index contributed by atoms with van der Waals surface area (Å²) in [7, 11) is -0.694. The Morgan fingerprint density at radius 1 is 1.18 bits per heavy atom. The van der Waals surface area contributed by atoms with Crippen molar-refractivity contribution in [2.45, 2.75) is 38.6 Å². The van der Waals surface area contributed by atoms with Crippen molar-refractivity contribution < 1.29 is 13.2 Å². The van der Waals surface area contributed by atoms with Gasteiger partial charge in [0, 0.05) is 25.8 Å². The standard InChI is InChI=1S/C24H27N5O3S2/c1-14(2)29-23-19(13-25-29)18(12-21(26-23)22-8-7-9-33-22)24(30)27-20-11-17(10-15(3)16(20)4)34(31,32)28(5)6/h7-14H,1-6H3,(H,27,30). The zero-order chi connectivity index (χ0) is 24.8. The number of rotatable bonds is 6. The van der Waals surface area contributed by atoms with E-state index in [2.05, 4.69) is 10.4 Å². The van der Waals surface area contributed by atoms with Crippen molar-refractivity contribution in [3.8, 4) is 10.6 Å². The Morgan fingerprint density at radius 2 is 1.91 bits per heavy atom. The smallest absolute Gasteiger partial charge is 0.256 e. The summed E-state index contributed by atoms with van der Waals surface area (Å²) in [5.74, 6) is -0.351. The Labute approximate surface area is 203 Å². The van der Waals surface area contributed by atoms with Crippen LogP contribution in [0.5, 0.6) is 0 Å². The first-order valence-corrected chi connectivity index (χ1v) is 13.1. The monoisotopic (exact) mass is 497 g/mol. The molecule has 0 aliphatic carbocycles. The Bertz CT molecular complexity index is 1490. The fraction of sp³-hybridized carbons (Fsp3) is 0.292. The van der Waals surface area contributed by atoms with Crippen molar-refractivity contribution >= 4 is 44.0 Å². The molecule has 0 aliphatic heterocycles. The Morgan fingerprint density at radius 3 is 2.53 bits per heavy atom. The maximum absolute atomic E-state index is 13.6. The van der Waals surface area contributed by atoms with Gasteiger partial charge >= 0.3 is 0 Å². The molecule has 0 spiro atoms. The quantitative estimate of drug-likeness (QED) is 0.410. The van der Waals surface area contributed by atoms with Crippen molar-refractivity contribution in [1.29, 1.82) is 0 Å². The van der Waals surface area contributed by atoms with Gasteiger partial charge in [0.15, 0.2) is 5.65 Å². The van der Waals surface area contributed by atoms with Crippen LogP contribution in [0, 0.1) is 13.8 Å². The molecular formula is C24H27N5O3S2. The lowest BCUT2D eigenvalue weighted by Gasteiger charge is -2.17. The Kier molecular flexibility index (Phi) is 6.32. The average Bonchev–Trinajstić information content (AvgIpc) is 3.45. The molecule has 0 bridgehead atoms. The van der Waals surface area contributed by atoms with Gasteiger partial charge < -0.3 is 5.32 Å². The van der Waals surface area contributed by atoms with Crippen LogP contribution in [-0.2, 0) is 10.0 Å². The summed E-state index contributed by atoms with van der Waals surface area (Å²) in [5.41, 5.74) is 3.76. The molecule has 34 heavy (non-hydrogen) atoms. The average molecular weight is 498 g/mol. The Balaban J connectivity index is 1.84. The molecule has 0 saturated heterocycles. The first-order valence-electron chi connectivity index (χ1n) is 10.8. The molecule has 3 heterocycles. The number of anilines is 1. The third kappa shape index (κ3) is 4.24. The topological polar surface area (TPSA) is 97.2 Å². The maximum atomic E-state index is 13.6. The van der Waals surface area contributed by atoms with E-state index in [1.165, 1.54) is 20.2 Å². The van der Waals surface area contributed by atoms with Crippen molar-refractivity contribution in [3.05, 3.63) is 58.6 Å². The predicted octanol–water partition coefficient (Wildman–Crippen LogP) is 4.86.